The van der Waals surface area contributed by atoms with E-state index in [0.717, 1.165) is 83.4 Å². The zero-order valence-corrected chi connectivity index (χ0v) is 53.2. The van der Waals surface area contributed by atoms with E-state index in [1.165, 1.54) is 28.4 Å². The van der Waals surface area contributed by atoms with Crippen molar-refractivity contribution in [3.63, 3.8) is 0 Å². The third-order valence-corrected chi connectivity index (χ3v) is 19.5. The first-order valence-electron chi connectivity index (χ1n) is 31.3. The number of pyridine rings is 1. The Morgan fingerprint density at radius 2 is 1.57 bits per heavy atom. The molecule has 91 heavy (non-hydrogen) atoms. The highest BCUT2D eigenvalue weighted by Crippen LogP contribution is 2.72. The monoisotopic (exact) mass is 1260 g/mol. The number of unbranched alkanes of at least 4 members (excludes halogenated alkanes) is 2. The minimum atomic E-state index is -1.16. The third-order valence-electron chi connectivity index (χ3n) is 18.5. The van der Waals surface area contributed by atoms with Crippen molar-refractivity contribution in [2.45, 2.75) is 136 Å². The number of hydrogen-bond acceptors (Lipinski definition) is 14. The van der Waals surface area contributed by atoms with E-state index in [4.69, 9.17) is 19.6 Å². The van der Waals surface area contributed by atoms with Gasteiger partial charge < -0.3 is 35.4 Å². The summed E-state index contributed by atoms with van der Waals surface area (Å²) in [5, 5.41) is 27.3. The number of thiazole rings is 1. The first-order valence-corrected chi connectivity index (χ1v) is 32.1. The molecule has 0 radical (unpaired) electrons. The number of rotatable bonds is 24. The minimum Gasteiger partial charge on any atom is -0.476 e. The summed E-state index contributed by atoms with van der Waals surface area (Å²) in [4.78, 5) is 116. The van der Waals surface area contributed by atoms with E-state index >= 15 is 0 Å². The fourth-order valence-electron chi connectivity index (χ4n) is 15.4. The molecular formula is C68H79N11O11S. The van der Waals surface area contributed by atoms with E-state index in [2.05, 4.69) is 40.1 Å². The predicted octanol–water partition coefficient (Wildman–Crippen LogP) is 10.3. The zero-order chi connectivity index (χ0) is 64.4. The summed E-state index contributed by atoms with van der Waals surface area (Å²) >= 11 is 1.42. The SMILES string of the molecule is Cc1c(-c2ccc(-c3ccc4c(c3)N(C(=O)Nc3nc5ccccc5s3)CCC4)nc2C(=O)O)cnn1CC12CC3(C)CC(C)(C1)CC(OCCN(C)C(=O)OCc1ccc(NC(=O)CNC(=O)C(NC(=O)CCCCCN4C(=O)C=CC4=O)C(C)C)cc1)(C3)C2. The number of carbonyl (C=O) groups is 8. The Hall–Kier alpha value is -8.83. The highest BCUT2D eigenvalue weighted by Gasteiger charge is 2.66. The van der Waals surface area contributed by atoms with Crippen LogP contribution in [0.2, 0.25) is 0 Å². The van der Waals surface area contributed by atoms with Crippen LogP contribution in [0.15, 0.2) is 97.2 Å². The van der Waals surface area contributed by atoms with Gasteiger partial charge in [-0.05, 0) is 147 Å². The molecule has 12 rings (SSSR count). The van der Waals surface area contributed by atoms with Gasteiger partial charge in [0.2, 0.25) is 17.7 Å². The fourth-order valence-corrected chi connectivity index (χ4v) is 16.3. The number of urea groups is 1. The van der Waals surface area contributed by atoms with Gasteiger partial charge in [0.05, 0.1) is 40.9 Å². The second-order valence-electron chi connectivity index (χ2n) is 26.6. The van der Waals surface area contributed by atoms with Crippen molar-refractivity contribution in [3.8, 4) is 22.4 Å². The van der Waals surface area contributed by atoms with E-state index in [1.807, 2.05) is 66.2 Å². The summed E-state index contributed by atoms with van der Waals surface area (Å²) in [6.45, 7) is 12.1. The van der Waals surface area contributed by atoms with Crippen LogP contribution in [0.25, 0.3) is 32.6 Å². The lowest BCUT2D eigenvalue weighted by Gasteiger charge is -2.69. The summed E-state index contributed by atoms with van der Waals surface area (Å²) in [5.74, 6) is -3.37. The van der Waals surface area contributed by atoms with Crippen molar-refractivity contribution in [1.82, 2.24) is 40.2 Å². The molecular weight excluding hydrogens is 1180 g/mol. The van der Waals surface area contributed by atoms with Crippen molar-refractivity contribution in [2.24, 2.45) is 22.2 Å². The number of aromatic nitrogens is 4. The Morgan fingerprint density at radius 3 is 2.30 bits per heavy atom. The number of carbonyl (C=O) groups excluding carboxylic acids is 7. The zero-order valence-electron chi connectivity index (χ0n) is 52.4. The van der Waals surface area contributed by atoms with Crippen LogP contribution in [-0.4, -0.2) is 134 Å². The third kappa shape index (κ3) is 14.4. The Bertz CT molecular complexity index is 3790. The Balaban J connectivity index is 0.650. The molecule has 2 aliphatic heterocycles. The summed E-state index contributed by atoms with van der Waals surface area (Å²) in [6, 6.07) is 22.9. The topological polar surface area (TPSA) is 277 Å². The van der Waals surface area contributed by atoms with Crippen LogP contribution in [0.4, 0.5) is 26.1 Å². The molecule has 4 fully saturated rings. The molecule has 22 nitrogen and oxygen atoms in total. The van der Waals surface area contributed by atoms with Crippen LogP contribution in [0.1, 0.15) is 126 Å². The second kappa shape index (κ2) is 26.2. The van der Waals surface area contributed by atoms with Gasteiger partial charge in [-0.1, -0.05) is 81.9 Å². The number of nitrogens with one attached hydrogen (secondary N) is 4. The number of aryl methyl sites for hydroxylation is 1. The molecule has 6 aliphatic rings. The maximum atomic E-state index is 13.8. The lowest BCUT2D eigenvalue weighted by molar-refractivity contribution is -0.248. The number of carboxylic acids is 1. The number of imide groups is 1. The van der Waals surface area contributed by atoms with Crippen molar-refractivity contribution < 1.29 is 52.9 Å². The lowest BCUT2D eigenvalue weighted by atomic mass is 9.39. The summed E-state index contributed by atoms with van der Waals surface area (Å²) in [6.07, 6.45) is 12.9. The number of benzene rings is 3. The van der Waals surface area contributed by atoms with Gasteiger partial charge in [0, 0.05) is 85.6 Å². The molecule has 5 N–H and O–H groups in total. The summed E-state index contributed by atoms with van der Waals surface area (Å²) in [5.41, 5.74) is 6.36. The minimum absolute atomic E-state index is 0.00338. The fraction of sp³-hybridized carbons (Fsp3) is 0.456. The van der Waals surface area contributed by atoms with Gasteiger partial charge in [-0.3, -0.25) is 43.8 Å². The molecule has 3 aromatic carbocycles. The Kier molecular flexibility index (Phi) is 18.3. The lowest BCUT2D eigenvalue weighted by Crippen LogP contribution is -2.64. The maximum Gasteiger partial charge on any atom is 0.409 e. The number of anilines is 3. The number of fused-ring (bicyclic) bond motifs is 2. The molecule has 3 aromatic heterocycles. The maximum absolute atomic E-state index is 13.8. The van der Waals surface area contributed by atoms with E-state index < -0.39 is 35.5 Å². The smallest absolute Gasteiger partial charge is 0.409 e. The number of aromatic carboxylic acids is 1. The number of likely N-dealkylation sites (N-methyl/N-ethyl adjacent to an activating group) is 1. The average molecular weight is 1260 g/mol. The molecule has 4 saturated carbocycles. The van der Waals surface area contributed by atoms with Crippen LogP contribution in [0.3, 0.4) is 0 Å². The van der Waals surface area contributed by atoms with Gasteiger partial charge in [-0.2, -0.15) is 5.10 Å². The standard InChI is InChI=1S/C68H79N11O11S/c1-42(2)58(74-54(80)16-8-7-11-27-78-56(82)25-26-57(78)83)60(84)69-33-55(81)71-47-21-17-44(18-22-47)34-89-64(88)76(6)29-30-90-68-38-65(4)35-66(5,39-68)37-67(36-65,40-68)41-79-43(3)49(32-70-79)48-23-24-50(72-59(48)61(85)86)46-20-19-45-13-12-28-77(52(45)31-46)63(87)75-62-73-51-14-9-10-15-53(51)91-62/h9-10,14-15,17-26,31-32,42,58H,7-8,11-13,16,27-30,33-41H2,1-6H3,(H,69,84)(H,71,81)(H,74,80)(H,85,86)(H,73,75,87). The van der Waals surface area contributed by atoms with E-state index in [1.54, 1.807) is 56.3 Å². The molecule has 5 heterocycles. The van der Waals surface area contributed by atoms with Gasteiger partial charge in [-0.25, -0.2) is 24.4 Å². The molecule has 8 amide bonds. The Labute approximate surface area is 532 Å². The van der Waals surface area contributed by atoms with Crippen molar-refractivity contribution in [3.05, 3.63) is 120 Å². The van der Waals surface area contributed by atoms with Gasteiger partial charge >= 0.3 is 18.1 Å². The molecule has 3 atom stereocenters. The Morgan fingerprint density at radius 1 is 0.824 bits per heavy atom. The first kappa shape index (κ1) is 63.7. The molecule has 3 unspecified atom stereocenters. The average Bonchev–Trinajstić information content (AvgIpc) is 1.10. The van der Waals surface area contributed by atoms with E-state index in [9.17, 15) is 43.5 Å². The number of para-hydroxylation sites is 1. The van der Waals surface area contributed by atoms with Crippen LogP contribution >= 0.6 is 11.3 Å². The molecule has 4 aliphatic carbocycles. The number of nitrogens with zero attached hydrogens (tertiary/aromatic N) is 7. The number of ether oxygens (including phenoxy) is 2. The highest BCUT2D eigenvalue weighted by atomic mass is 32.1. The van der Waals surface area contributed by atoms with E-state index in [-0.39, 0.29) is 77.7 Å². The molecule has 0 spiro atoms. The van der Waals surface area contributed by atoms with Crippen LogP contribution in [0, 0.1) is 29.1 Å². The van der Waals surface area contributed by atoms with Gasteiger partial charge in [0.25, 0.3) is 11.8 Å². The van der Waals surface area contributed by atoms with Crippen LogP contribution < -0.4 is 26.2 Å². The van der Waals surface area contributed by atoms with Crippen molar-refractivity contribution in [1.29, 1.82) is 0 Å². The number of amides is 8. The largest absolute Gasteiger partial charge is 0.476 e. The normalized spacial score (nSPS) is 21.7. The van der Waals surface area contributed by atoms with Gasteiger partial charge in [0.15, 0.2) is 10.8 Å². The molecule has 0 saturated heterocycles. The predicted molar refractivity (Wildman–Crippen MR) is 344 cm³/mol. The van der Waals surface area contributed by atoms with Crippen molar-refractivity contribution in [2.75, 3.05) is 55.4 Å². The van der Waals surface area contributed by atoms with Crippen LogP contribution in [-0.2, 0) is 53.0 Å². The number of hydrogen-bond donors (Lipinski definition) is 5. The molecule has 23 heteroatoms. The van der Waals surface area contributed by atoms with Crippen molar-refractivity contribution >= 4 is 85.7 Å². The van der Waals surface area contributed by atoms with E-state index in [0.29, 0.717) is 84.3 Å². The first-order chi connectivity index (χ1) is 43.5. The quantitative estimate of drug-likeness (QED) is 0.0279. The second-order valence-corrected chi connectivity index (χ2v) is 27.7. The number of carboxylic acid groups (broad SMARTS) is 1. The highest BCUT2D eigenvalue weighted by molar-refractivity contribution is 7.22. The molecule has 478 valence electrons. The van der Waals surface area contributed by atoms with Gasteiger partial charge in [-0.15, -0.1) is 0 Å². The molecule has 4 bridgehead atoms. The summed E-state index contributed by atoms with van der Waals surface area (Å²) < 4.78 is 15.7. The van der Waals surface area contributed by atoms with Crippen LogP contribution in [0.5, 0.6) is 0 Å². The summed E-state index contributed by atoms with van der Waals surface area (Å²) in [7, 11) is 1.69. The molecule has 6 aromatic rings. The van der Waals surface area contributed by atoms with Gasteiger partial charge in [0.1, 0.15) is 12.6 Å².